The van der Waals surface area contributed by atoms with Crippen molar-refractivity contribution in [1.29, 1.82) is 0 Å². The van der Waals surface area contributed by atoms with Gasteiger partial charge in [0.2, 0.25) is 0 Å². The van der Waals surface area contributed by atoms with Crippen molar-refractivity contribution in [1.82, 2.24) is 4.90 Å². The number of hydrogen-bond acceptors (Lipinski definition) is 3. The highest BCUT2D eigenvalue weighted by Gasteiger charge is 2.34. The molecule has 0 aliphatic carbocycles. The number of morpholine rings is 1. The number of rotatable bonds is 4. The van der Waals surface area contributed by atoms with Crippen LogP contribution < -0.4 is 5.73 Å². The Hall–Kier alpha value is -0.680. The third kappa shape index (κ3) is 3.31. The first-order chi connectivity index (χ1) is 9.43. The fourth-order valence-electron chi connectivity index (χ4n) is 2.57. The van der Waals surface area contributed by atoms with Gasteiger partial charge in [0, 0.05) is 24.7 Å². The van der Waals surface area contributed by atoms with Gasteiger partial charge < -0.3 is 10.5 Å². The largest absolute Gasteiger partial charge is 0.379 e. The molecule has 0 aromatic heterocycles. The van der Waals surface area contributed by atoms with Crippen LogP contribution in [0.1, 0.15) is 19.4 Å². The van der Waals surface area contributed by atoms with E-state index in [4.69, 9.17) is 22.1 Å². The summed E-state index contributed by atoms with van der Waals surface area (Å²) in [5, 5.41) is 0.181. The van der Waals surface area contributed by atoms with E-state index < -0.39 is 0 Å². The Balaban J connectivity index is 2.09. The molecule has 1 aromatic carbocycles. The van der Waals surface area contributed by atoms with Gasteiger partial charge in [0.1, 0.15) is 5.82 Å². The van der Waals surface area contributed by atoms with E-state index in [0.29, 0.717) is 6.42 Å². The molecule has 0 saturated carbocycles. The van der Waals surface area contributed by atoms with Crippen LogP contribution in [0.5, 0.6) is 0 Å². The molecule has 112 valence electrons. The number of benzene rings is 1. The Morgan fingerprint density at radius 1 is 1.40 bits per heavy atom. The van der Waals surface area contributed by atoms with Crippen molar-refractivity contribution in [2.45, 2.75) is 31.8 Å². The van der Waals surface area contributed by atoms with E-state index in [9.17, 15) is 4.39 Å². The zero-order valence-electron chi connectivity index (χ0n) is 12.0. The molecule has 1 fully saturated rings. The van der Waals surface area contributed by atoms with Crippen LogP contribution in [0.25, 0.3) is 0 Å². The second kappa shape index (κ2) is 6.39. The van der Waals surface area contributed by atoms with Crippen molar-refractivity contribution >= 4 is 11.6 Å². The van der Waals surface area contributed by atoms with Gasteiger partial charge in [-0.25, -0.2) is 4.39 Å². The van der Waals surface area contributed by atoms with Gasteiger partial charge in [0.15, 0.2) is 0 Å². The van der Waals surface area contributed by atoms with Crippen molar-refractivity contribution in [2.75, 3.05) is 26.3 Å². The van der Waals surface area contributed by atoms with Gasteiger partial charge in [-0.3, -0.25) is 4.90 Å². The smallest absolute Gasteiger partial charge is 0.142 e. The van der Waals surface area contributed by atoms with Gasteiger partial charge in [-0.2, -0.15) is 0 Å². The average Bonchev–Trinajstić information content (AvgIpc) is 2.44. The molecular formula is C15H22ClFN2O. The lowest BCUT2D eigenvalue weighted by atomic mass is 9.88. The predicted molar refractivity (Wildman–Crippen MR) is 79.6 cm³/mol. The number of hydrogen-bond donors (Lipinski definition) is 1. The third-order valence-electron chi connectivity index (χ3n) is 4.20. The Labute approximate surface area is 124 Å². The molecule has 1 unspecified atom stereocenters. The molecule has 1 atom stereocenters. The van der Waals surface area contributed by atoms with E-state index in [1.807, 2.05) is 6.07 Å². The monoisotopic (exact) mass is 300 g/mol. The van der Waals surface area contributed by atoms with Crippen LogP contribution in [-0.2, 0) is 11.2 Å². The topological polar surface area (TPSA) is 38.5 Å². The summed E-state index contributed by atoms with van der Waals surface area (Å²) in [5.41, 5.74) is 6.95. The first-order valence-corrected chi connectivity index (χ1v) is 7.32. The molecule has 1 aliphatic rings. The fraction of sp³-hybridized carbons (Fsp3) is 0.600. The van der Waals surface area contributed by atoms with E-state index >= 15 is 0 Å². The minimum Gasteiger partial charge on any atom is -0.379 e. The highest BCUT2D eigenvalue weighted by atomic mass is 35.5. The molecule has 5 heteroatoms. The molecule has 3 nitrogen and oxygen atoms in total. The van der Waals surface area contributed by atoms with E-state index in [-0.39, 0.29) is 22.4 Å². The number of nitrogens with two attached hydrogens (primary N) is 1. The zero-order valence-corrected chi connectivity index (χ0v) is 12.8. The molecule has 2 rings (SSSR count). The normalized spacial score (nSPS) is 19.1. The van der Waals surface area contributed by atoms with E-state index in [1.54, 1.807) is 6.07 Å². The summed E-state index contributed by atoms with van der Waals surface area (Å²) in [4.78, 5) is 2.33. The van der Waals surface area contributed by atoms with Gasteiger partial charge in [0.25, 0.3) is 0 Å². The Kier molecular flexibility index (Phi) is 5.02. The molecule has 2 N–H and O–H groups in total. The fourth-order valence-corrected chi connectivity index (χ4v) is 2.77. The van der Waals surface area contributed by atoms with Gasteiger partial charge in [-0.1, -0.05) is 23.7 Å². The SMILES string of the molecule is CC(C)(C(N)Cc1cccc(F)c1Cl)N1CCOCC1. The maximum Gasteiger partial charge on any atom is 0.142 e. The molecule has 0 bridgehead atoms. The third-order valence-corrected chi connectivity index (χ3v) is 4.63. The van der Waals surface area contributed by atoms with Gasteiger partial charge in [0.05, 0.1) is 18.2 Å². The van der Waals surface area contributed by atoms with E-state index in [1.165, 1.54) is 6.07 Å². The molecule has 20 heavy (non-hydrogen) atoms. The summed E-state index contributed by atoms with van der Waals surface area (Å²) >= 11 is 6.01. The lowest BCUT2D eigenvalue weighted by Crippen LogP contribution is -2.59. The van der Waals surface area contributed by atoms with Crippen molar-refractivity contribution in [3.8, 4) is 0 Å². The van der Waals surface area contributed by atoms with Crippen molar-refractivity contribution < 1.29 is 9.13 Å². The number of ether oxygens (including phenoxy) is 1. The summed E-state index contributed by atoms with van der Waals surface area (Å²) in [5.74, 6) is -0.388. The second-order valence-corrected chi connectivity index (χ2v) is 6.15. The quantitative estimate of drug-likeness (QED) is 0.928. The zero-order chi connectivity index (χ0) is 14.8. The van der Waals surface area contributed by atoms with Crippen molar-refractivity contribution in [3.05, 3.63) is 34.6 Å². The lowest BCUT2D eigenvalue weighted by molar-refractivity contribution is -0.0186. The minimum absolute atomic E-state index is 0.125. The van der Waals surface area contributed by atoms with Gasteiger partial charge >= 0.3 is 0 Å². The standard InChI is InChI=1S/C15H22ClFN2O/c1-15(2,19-6-8-20-9-7-19)13(18)10-11-4-3-5-12(17)14(11)16/h3-5,13H,6-10,18H2,1-2H3. The molecule has 1 heterocycles. The van der Waals surface area contributed by atoms with Crippen LogP contribution >= 0.6 is 11.6 Å². The summed E-state index contributed by atoms with van der Waals surface area (Å²) in [6.07, 6.45) is 0.556. The van der Waals surface area contributed by atoms with Gasteiger partial charge in [-0.15, -0.1) is 0 Å². The second-order valence-electron chi connectivity index (χ2n) is 5.78. The first-order valence-electron chi connectivity index (χ1n) is 6.94. The molecule has 0 amide bonds. The molecule has 0 spiro atoms. The van der Waals surface area contributed by atoms with Crippen LogP contribution in [0.3, 0.4) is 0 Å². The highest BCUT2D eigenvalue weighted by Crippen LogP contribution is 2.26. The molecule has 1 aliphatic heterocycles. The van der Waals surface area contributed by atoms with Crippen LogP contribution in [-0.4, -0.2) is 42.8 Å². The maximum atomic E-state index is 13.5. The number of halogens is 2. The summed E-state index contributed by atoms with van der Waals surface area (Å²) < 4.78 is 18.9. The van der Waals surface area contributed by atoms with E-state index in [2.05, 4.69) is 18.7 Å². The highest BCUT2D eigenvalue weighted by molar-refractivity contribution is 6.31. The van der Waals surface area contributed by atoms with Crippen LogP contribution in [0, 0.1) is 5.82 Å². The Bertz CT molecular complexity index is 461. The molecule has 1 saturated heterocycles. The molecular weight excluding hydrogens is 279 g/mol. The average molecular weight is 301 g/mol. The maximum absolute atomic E-state index is 13.5. The molecule has 0 radical (unpaired) electrons. The Morgan fingerprint density at radius 3 is 2.70 bits per heavy atom. The number of nitrogens with zero attached hydrogens (tertiary/aromatic N) is 1. The minimum atomic E-state index is -0.388. The van der Waals surface area contributed by atoms with Crippen LogP contribution in [0.15, 0.2) is 18.2 Å². The summed E-state index contributed by atoms with van der Waals surface area (Å²) in [7, 11) is 0. The Morgan fingerprint density at radius 2 is 2.05 bits per heavy atom. The van der Waals surface area contributed by atoms with Crippen molar-refractivity contribution in [2.24, 2.45) is 5.73 Å². The summed E-state index contributed by atoms with van der Waals surface area (Å²) in [6.45, 7) is 7.45. The van der Waals surface area contributed by atoms with Gasteiger partial charge in [-0.05, 0) is 31.9 Å². The first kappa shape index (κ1) is 15.7. The lowest BCUT2D eigenvalue weighted by Gasteiger charge is -2.44. The summed E-state index contributed by atoms with van der Waals surface area (Å²) in [6, 6.07) is 4.75. The van der Waals surface area contributed by atoms with Crippen LogP contribution in [0.4, 0.5) is 4.39 Å². The van der Waals surface area contributed by atoms with E-state index in [0.717, 1.165) is 31.9 Å². The predicted octanol–water partition coefficient (Wildman–Crippen LogP) is 2.46. The van der Waals surface area contributed by atoms with Crippen LogP contribution in [0.2, 0.25) is 5.02 Å². The van der Waals surface area contributed by atoms with Crippen molar-refractivity contribution in [3.63, 3.8) is 0 Å². The molecule has 1 aromatic rings.